The highest BCUT2D eigenvalue weighted by molar-refractivity contribution is 5.91. The summed E-state index contributed by atoms with van der Waals surface area (Å²) in [5, 5.41) is 3.05. The number of likely N-dealkylation sites (tertiary alicyclic amines) is 1. The first-order valence-electron chi connectivity index (χ1n) is 18.5. The van der Waals surface area contributed by atoms with Gasteiger partial charge in [0.1, 0.15) is 0 Å². The molecule has 1 atom stereocenters. The highest BCUT2D eigenvalue weighted by atomic mass is 16.6. The second-order valence-electron chi connectivity index (χ2n) is 14.5. The fourth-order valence-corrected chi connectivity index (χ4v) is 8.52. The highest BCUT2D eigenvalue weighted by Crippen LogP contribution is 2.27. The van der Waals surface area contributed by atoms with Crippen LogP contribution in [0.15, 0.2) is 45.6 Å². The van der Waals surface area contributed by atoms with Gasteiger partial charge in [0.15, 0.2) is 11.7 Å². The van der Waals surface area contributed by atoms with Crippen molar-refractivity contribution in [2.24, 2.45) is 7.05 Å². The summed E-state index contributed by atoms with van der Waals surface area (Å²) in [6.07, 6.45) is 8.25. The molecule has 1 aliphatic carbocycles. The number of nitrogens with one attached hydrogen (secondary N) is 1. The molecule has 4 heterocycles. The largest absolute Gasteiger partial charge is 0.436 e. The van der Waals surface area contributed by atoms with Gasteiger partial charge >= 0.3 is 17.9 Å². The van der Waals surface area contributed by atoms with Crippen molar-refractivity contribution in [1.29, 1.82) is 0 Å². The summed E-state index contributed by atoms with van der Waals surface area (Å²) in [4.78, 5) is 61.2. The lowest BCUT2D eigenvalue weighted by molar-refractivity contribution is -0.143. The Labute approximate surface area is 293 Å². The predicted octanol–water partition coefficient (Wildman–Crippen LogP) is 4.91. The van der Waals surface area contributed by atoms with Crippen LogP contribution in [-0.2, 0) is 29.4 Å². The topological polar surface area (TPSA) is 121 Å². The van der Waals surface area contributed by atoms with E-state index in [2.05, 4.69) is 10.2 Å². The van der Waals surface area contributed by atoms with Gasteiger partial charge in [-0.15, -0.1) is 0 Å². The van der Waals surface area contributed by atoms with Crippen LogP contribution in [0.3, 0.4) is 0 Å². The maximum Gasteiger partial charge on any atom is 0.419 e. The third kappa shape index (κ3) is 7.26. The molecule has 1 N–H and O–H groups in total. The van der Waals surface area contributed by atoms with Gasteiger partial charge in [0, 0.05) is 77.1 Å². The Morgan fingerprint density at radius 2 is 1.60 bits per heavy atom. The van der Waals surface area contributed by atoms with E-state index in [1.54, 1.807) is 18.0 Å². The Hall–Kier alpha value is -4.32. The smallest absolute Gasteiger partial charge is 0.419 e. The second kappa shape index (κ2) is 14.9. The maximum absolute atomic E-state index is 14.2. The van der Waals surface area contributed by atoms with Gasteiger partial charge in [-0.3, -0.25) is 14.3 Å². The molecule has 12 heteroatoms. The number of aryl methyl sites for hydroxylation is 2. The fraction of sp³-hybridized carbons (Fsp3) is 0.579. The number of nitrogens with zero attached hydrogens (tertiary/aromatic N) is 5. The number of amides is 4. The molecule has 12 nitrogen and oxygen atoms in total. The number of anilines is 1. The number of hydrogen-bond donors (Lipinski definition) is 1. The molecule has 50 heavy (non-hydrogen) atoms. The Kier molecular flexibility index (Phi) is 10.2. The van der Waals surface area contributed by atoms with Crippen LogP contribution in [0.4, 0.5) is 15.3 Å². The molecule has 1 aromatic heterocycles. The van der Waals surface area contributed by atoms with Gasteiger partial charge in [0.25, 0.3) is 5.91 Å². The highest BCUT2D eigenvalue weighted by Gasteiger charge is 2.36. The number of fused-ring (bicyclic) bond motifs is 2. The van der Waals surface area contributed by atoms with Gasteiger partial charge in [0.2, 0.25) is 0 Å². The number of hydrogen-bond acceptors (Lipinski definition) is 7. The Bertz CT molecular complexity index is 1760. The van der Waals surface area contributed by atoms with Crippen LogP contribution in [0, 0.1) is 6.92 Å². The molecule has 0 radical (unpaired) electrons. The van der Waals surface area contributed by atoms with Crippen molar-refractivity contribution in [2.75, 3.05) is 51.1 Å². The molecular weight excluding hydrogens is 636 g/mol. The summed E-state index contributed by atoms with van der Waals surface area (Å²) in [7, 11) is 1.67. The third-order valence-corrected chi connectivity index (χ3v) is 11.3. The number of oxazole rings is 1. The zero-order valence-corrected chi connectivity index (χ0v) is 29.4. The van der Waals surface area contributed by atoms with E-state index < -0.39 is 18.0 Å². The van der Waals surface area contributed by atoms with E-state index in [4.69, 9.17) is 9.15 Å². The summed E-state index contributed by atoms with van der Waals surface area (Å²) in [5.74, 6) is -0.640. The summed E-state index contributed by atoms with van der Waals surface area (Å²) < 4.78 is 13.1. The molecule has 4 amide bonds. The van der Waals surface area contributed by atoms with Crippen molar-refractivity contribution in [3.8, 4) is 0 Å². The normalized spacial score (nSPS) is 20.6. The predicted molar refractivity (Wildman–Crippen MR) is 190 cm³/mol. The number of piperazine rings is 1. The molecule has 2 aromatic carbocycles. The van der Waals surface area contributed by atoms with Crippen molar-refractivity contribution in [2.45, 2.75) is 89.3 Å². The van der Waals surface area contributed by atoms with Crippen LogP contribution in [0.1, 0.15) is 68.1 Å². The molecule has 7 rings (SSSR count). The van der Waals surface area contributed by atoms with E-state index >= 15 is 0 Å². The second-order valence-corrected chi connectivity index (χ2v) is 14.5. The van der Waals surface area contributed by atoms with Crippen LogP contribution in [-0.4, -0.2) is 106 Å². The number of benzene rings is 2. The van der Waals surface area contributed by atoms with E-state index in [0.717, 1.165) is 41.9 Å². The lowest BCUT2D eigenvalue weighted by atomic mass is 10.0. The van der Waals surface area contributed by atoms with Crippen molar-refractivity contribution in [3.63, 3.8) is 0 Å². The van der Waals surface area contributed by atoms with Crippen molar-refractivity contribution in [3.05, 3.63) is 63.6 Å². The molecule has 1 saturated carbocycles. The average molecular weight is 687 g/mol. The molecule has 268 valence electrons. The minimum absolute atomic E-state index is 0.00535. The van der Waals surface area contributed by atoms with Gasteiger partial charge in [-0.25, -0.2) is 14.4 Å². The van der Waals surface area contributed by atoms with E-state index in [-0.39, 0.29) is 24.4 Å². The van der Waals surface area contributed by atoms with E-state index in [1.807, 2.05) is 47.1 Å². The SMILES string of the molecule is Cc1cc(C[C@@H](OC(=O)N2CCC(N3CCc4ccccc4NC3=O)CC2)C(=O)N2CCN(C3CCCCCC3)CC2)cc2oc(=O)n(C)c12. The molecule has 4 aliphatic rings. The van der Waals surface area contributed by atoms with Crippen molar-refractivity contribution < 1.29 is 23.5 Å². The number of carbonyl (C=O) groups is 3. The summed E-state index contributed by atoms with van der Waals surface area (Å²) >= 11 is 0. The van der Waals surface area contributed by atoms with Crippen LogP contribution < -0.4 is 11.1 Å². The van der Waals surface area contributed by atoms with E-state index in [9.17, 15) is 19.2 Å². The number of ether oxygens (including phenoxy) is 1. The van der Waals surface area contributed by atoms with Crippen LogP contribution in [0.25, 0.3) is 11.1 Å². The first kappa shape index (κ1) is 34.1. The Balaban J connectivity index is 1.02. The first-order valence-corrected chi connectivity index (χ1v) is 18.5. The van der Waals surface area contributed by atoms with Crippen LogP contribution in [0.5, 0.6) is 0 Å². The zero-order valence-electron chi connectivity index (χ0n) is 29.4. The van der Waals surface area contributed by atoms with Gasteiger partial charge < -0.3 is 29.2 Å². The number of carbonyl (C=O) groups excluding carboxylic acids is 3. The quantitative estimate of drug-likeness (QED) is 0.366. The molecular formula is C38H50N6O6. The lowest BCUT2D eigenvalue weighted by Crippen LogP contribution is -2.55. The molecule has 0 bridgehead atoms. The standard InChI is InChI=1S/C38H50N6O6/c1-26-23-27(24-32-34(26)40(2)37(47)49-32)25-33(35(45)42-21-19-41(20-22-42)29-10-5-3-4-6-11-29)50-38(48)43-16-14-30(15-17-43)44-18-13-28-9-7-8-12-31(28)39-36(44)46/h7-9,12,23-24,29-30,33H,3-6,10-11,13-22,25H2,1-2H3,(H,39,46)/t33-/m1/s1. The van der Waals surface area contributed by atoms with Gasteiger partial charge in [-0.05, 0) is 67.9 Å². The third-order valence-electron chi connectivity index (χ3n) is 11.3. The number of aromatic nitrogens is 1. The minimum atomic E-state index is -1.02. The molecule has 0 unspecified atom stereocenters. The number of rotatable bonds is 6. The summed E-state index contributed by atoms with van der Waals surface area (Å²) in [5.41, 5.74) is 4.74. The van der Waals surface area contributed by atoms with E-state index in [1.165, 1.54) is 43.1 Å². The zero-order chi connectivity index (χ0) is 34.8. The van der Waals surface area contributed by atoms with E-state index in [0.29, 0.717) is 62.7 Å². The molecule has 3 aliphatic heterocycles. The van der Waals surface area contributed by atoms with Crippen LogP contribution in [0.2, 0.25) is 0 Å². The fourth-order valence-electron chi connectivity index (χ4n) is 8.52. The van der Waals surface area contributed by atoms with Gasteiger partial charge in [-0.2, -0.15) is 0 Å². The average Bonchev–Trinajstić information content (AvgIpc) is 3.31. The van der Waals surface area contributed by atoms with Gasteiger partial charge in [0.05, 0.1) is 5.52 Å². The minimum Gasteiger partial charge on any atom is -0.436 e. The number of piperidine rings is 1. The maximum atomic E-state index is 14.2. The lowest BCUT2D eigenvalue weighted by Gasteiger charge is -2.40. The number of urea groups is 1. The molecule has 3 aromatic rings. The molecule has 0 spiro atoms. The Morgan fingerprint density at radius 1 is 0.880 bits per heavy atom. The van der Waals surface area contributed by atoms with Crippen molar-refractivity contribution in [1.82, 2.24) is 24.2 Å². The summed E-state index contributed by atoms with van der Waals surface area (Å²) in [6, 6.07) is 12.1. The molecule has 3 fully saturated rings. The monoisotopic (exact) mass is 686 g/mol. The first-order chi connectivity index (χ1) is 24.2. The van der Waals surface area contributed by atoms with Crippen molar-refractivity contribution >= 4 is 34.8 Å². The molecule has 2 saturated heterocycles. The summed E-state index contributed by atoms with van der Waals surface area (Å²) in [6.45, 7) is 6.23. The Morgan fingerprint density at radius 3 is 2.34 bits per heavy atom. The van der Waals surface area contributed by atoms with Crippen LogP contribution >= 0.6 is 0 Å². The number of para-hydroxylation sites is 1. The van der Waals surface area contributed by atoms with Gasteiger partial charge in [-0.1, -0.05) is 49.9 Å².